The van der Waals surface area contributed by atoms with Gasteiger partial charge >= 0.3 is 0 Å². The second kappa shape index (κ2) is 8.73. The molecular weight excluding hydrogens is 359 g/mol. The SMILES string of the molecule is O=C(c1ccc(F)cc1)N1CCCC(C(=O)N2CCN(CC(F)F)CC2)C1. The summed E-state index contributed by atoms with van der Waals surface area (Å²) < 4.78 is 38.0. The Hall–Kier alpha value is -2.09. The molecule has 0 aliphatic carbocycles. The van der Waals surface area contributed by atoms with Crippen molar-refractivity contribution in [2.45, 2.75) is 19.3 Å². The number of hydrogen-bond donors (Lipinski definition) is 0. The van der Waals surface area contributed by atoms with Gasteiger partial charge in [-0.25, -0.2) is 13.2 Å². The molecule has 148 valence electrons. The number of carbonyl (C=O) groups is 2. The Morgan fingerprint density at radius 3 is 2.30 bits per heavy atom. The van der Waals surface area contributed by atoms with Gasteiger partial charge in [0.05, 0.1) is 12.5 Å². The predicted octanol–water partition coefficient (Wildman–Crippen LogP) is 2.09. The van der Waals surface area contributed by atoms with Crippen LogP contribution in [0, 0.1) is 11.7 Å². The molecule has 0 saturated carbocycles. The first kappa shape index (κ1) is 19.7. The van der Waals surface area contributed by atoms with Crippen LogP contribution in [0.1, 0.15) is 23.2 Å². The molecule has 2 fully saturated rings. The second-order valence-electron chi connectivity index (χ2n) is 7.11. The van der Waals surface area contributed by atoms with Crippen LogP contribution >= 0.6 is 0 Å². The fraction of sp³-hybridized carbons (Fsp3) is 0.579. The molecule has 1 aromatic rings. The molecule has 1 aromatic carbocycles. The number of nitrogens with zero attached hydrogens (tertiary/aromatic N) is 3. The van der Waals surface area contributed by atoms with E-state index in [9.17, 15) is 22.8 Å². The summed E-state index contributed by atoms with van der Waals surface area (Å²) in [6.45, 7) is 2.42. The van der Waals surface area contributed by atoms with E-state index in [-0.39, 0.29) is 24.3 Å². The first-order valence-electron chi connectivity index (χ1n) is 9.28. The lowest BCUT2D eigenvalue weighted by molar-refractivity contribution is -0.138. The number of alkyl halides is 2. The number of halogens is 3. The molecule has 27 heavy (non-hydrogen) atoms. The van der Waals surface area contributed by atoms with Crippen molar-refractivity contribution in [2.24, 2.45) is 5.92 Å². The van der Waals surface area contributed by atoms with Crippen molar-refractivity contribution in [3.05, 3.63) is 35.6 Å². The van der Waals surface area contributed by atoms with Crippen molar-refractivity contribution in [3.63, 3.8) is 0 Å². The lowest BCUT2D eigenvalue weighted by Gasteiger charge is -2.39. The molecular formula is C19H24F3N3O2. The lowest BCUT2D eigenvalue weighted by Crippen LogP contribution is -2.53. The van der Waals surface area contributed by atoms with Gasteiger partial charge in [0.15, 0.2) is 0 Å². The maximum Gasteiger partial charge on any atom is 0.253 e. The van der Waals surface area contributed by atoms with Crippen molar-refractivity contribution in [1.29, 1.82) is 0 Å². The number of piperidine rings is 1. The van der Waals surface area contributed by atoms with Gasteiger partial charge in [-0.2, -0.15) is 0 Å². The van der Waals surface area contributed by atoms with Gasteiger partial charge in [-0.05, 0) is 37.1 Å². The van der Waals surface area contributed by atoms with E-state index in [1.165, 1.54) is 24.3 Å². The van der Waals surface area contributed by atoms with Gasteiger partial charge in [0.1, 0.15) is 5.82 Å². The molecule has 2 amide bonds. The Morgan fingerprint density at radius 1 is 1.00 bits per heavy atom. The van der Waals surface area contributed by atoms with Crippen molar-refractivity contribution in [3.8, 4) is 0 Å². The number of hydrogen-bond acceptors (Lipinski definition) is 3. The van der Waals surface area contributed by atoms with Crippen molar-refractivity contribution >= 4 is 11.8 Å². The van der Waals surface area contributed by atoms with E-state index in [1.54, 1.807) is 14.7 Å². The Balaban J connectivity index is 1.55. The zero-order valence-electron chi connectivity index (χ0n) is 15.1. The number of amides is 2. The van der Waals surface area contributed by atoms with Gasteiger partial charge in [0.2, 0.25) is 5.91 Å². The van der Waals surface area contributed by atoms with Crippen molar-refractivity contribution in [1.82, 2.24) is 14.7 Å². The Kier molecular flexibility index (Phi) is 6.36. The molecule has 2 aliphatic rings. The van der Waals surface area contributed by atoms with Crippen molar-refractivity contribution in [2.75, 3.05) is 45.8 Å². The van der Waals surface area contributed by atoms with E-state index in [1.807, 2.05) is 0 Å². The Labute approximate surface area is 156 Å². The Morgan fingerprint density at radius 2 is 1.67 bits per heavy atom. The minimum atomic E-state index is -2.36. The van der Waals surface area contributed by atoms with Crippen LogP contribution in [0.5, 0.6) is 0 Å². The van der Waals surface area contributed by atoms with Crippen LogP contribution in [0.4, 0.5) is 13.2 Å². The third-order valence-electron chi connectivity index (χ3n) is 5.23. The van der Waals surface area contributed by atoms with E-state index in [4.69, 9.17) is 0 Å². The smallest absolute Gasteiger partial charge is 0.253 e. The maximum absolute atomic E-state index is 13.0. The summed E-state index contributed by atoms with van der Waals surface area (Å²) in [5, 5.41) is 0. The number of piperazine rings is 1. The molecule has 1 atom stereocenters. The molecule has 0 N–H and O–H groups in total. The van der Waals surface area contributed by atoms with Crippen LogP contribution in [0.25, 0.3) is 0 Å². The van der Waals surface area contributed by atoms with E-state index >= 15 is 0 Å². The molecule has 5 nitrogen and oxygen atoms in total. The maximum atomic E-state index is 13.0. The van der Waals surface area contributed by atoms with Gasteiger partial charge in [0, 0.05) is 44.8 Å². The molecule has 2 heterocycles. The van der Waals surface area contributed by atoms with E-state index in [2.05, 4.69) is 0 Å². The minimum Gasteiger partial charge on any atom is -0.340 e. The molecule has 0 spiro atoms. The molecule has 3 rings (SSSR count). The topological polar surface area (TPSA) is 43.9 Å². The summed E-state index contributed by atoms with van der Waals surface area (Å²) in [5.74, 6) is -0.883. The first-order valence-corrected chi connectivity index (χ1v) is 9.28. The monoisotopic (exact) mass is 383 g/mol. The molecule has 0 radical (unpaired) electrons. The summed E-state index contributed by atoms with van der Waals surface area (Å²) >= 11 is 0. The van der Waals surface area contributed by atoms with Gasteiger partial charge in [0.25, 0.3) is 12.3 Å². The number of likely N-dealkylation sites (tertiary alicyclic amines) is 1. The second-order valence-corrected chi connectivity index (χ2v) is 7.11. The third-order valence-corrected chi connectivity index (χ3v) is 5.23. The fourth-order valence-corrected chi connectivity index (χ4v) is 3.74. The van der Waals surface area contributed by atoms with E-state index in [0.29, 0.717) is 51.3 Å². The molecule has 0 aromatic heterocycles. The van der Waals surface area contributed by atoms with Gasteiger partial charge < -0.3 is 9.80 Å². The minimum absolute atomic E-state index is 0.0108. The van der Waals surface area contributed by atoms with Crippen LogP contribution in [0.15, 0.2) is 24.3 Å². The number of benzene rings is 1. The normalized spacial score (nSPS) is 21.6. The molecule has 1 unspecified atom stereocenters. The largest absolute Gasteiger partial charge is 0.340 e. The highest BCUT2D eigenvalue weighted by Gasteiger charge is 2.33. The predicted molar refractivity (Wildman–Crippen MR) is 94.1 cm³/mol. The van der Waals surface area contributed by atoms with Crippen LogP contribution < -0.4 is 0 Å². The molecule has 2 aliphatic heterocycles. The summed E-state index contributed by atoms with van der Waals surface area (Å²) in [7, 11) is 0. The summed E-state index contributed by atoms with van der Waals surface area (Å²) in [5.41, 5.74) is 0.408. The first-order chi connectivity index (χ1) is 12.9. The fourth-order valence-electron chi connectivity index (χ4n) is 3.74. The highest BCUT2D eigenvalue weighted by atomic mass is 19.3. The van der Waals surface area contributed by atoms with E-state index < -0.39 is 12.2 Å². The lowest BCUT2D eigenvalue weighted by atomic mass is 9.95. The molecule has 2 saturated heterocycles. The highest BCUT2D eigenvalue weighted by molar-refractivity contribution is 5.94. The highest BCUT2D eigenvalue weighted by Crippen LogP contribution is 2.22. The Bertz CT molecular complexity index is 661. The summed E-state index contributed by atoms with van der Waals surface area (Å²) in [6.07, 6.45) is -0.922. The average Bonchev–Trinajstić information content (AvgIpc) is 2.68. The van der Waals surface area contributed by atoms with Crippen molar-refractivity contribution < 1.29 is 22.8 Å². The van der Waals surface area contributed by atoms with Crippen LogP contribution in [0.3, 0.4) is 0 Å². The standard InChI is InChI=1S/C19H24F3N3O2/c20-16-5-3-14(4-6-16)18(26)25-7-1-2-15(12-25)19(27)24-10-8-23(9-11-24)13-17(21)22/h3-6,15,17H,1-2,7-13H2. The summed E-state index contributed by atoms with van der Waals surface area (Å²) in [6, 6.07) is 5.40. The van der Waals surface area contributed by atoms with Crippen LogP contribution in [-0.2, 0) is 4.79 Å². The van der Waals surface area contributed by atoms with Gasteiger partial charge in [-0.15, -0.1) is 0 Å². The summed E-state index contributed by atoms with van der Waals surface area (Å²) in [4.78, 5) is 30.4. The van der Waals surface area contributed by atoms with E-state index in [0.717, 1.165) is 6.42 Å². The average molecular weight is 383 g/mol. The molecule has 0 bridgehead atoms. The van der Waals surface area contributed by atoms with Gasteiger partial charge in [-0.1, -0.05) is 0 Å². The number of rotatable bonds is 4. The quantitative estimate of drug-likeness (QED) is 0.800. The van der Waals surface area contributed by atoms with Crippen LogP contribution in [0.2, 0.25) is 0 Å². The van der Waals surface area contributed by atoms with Crippen LogP contribution in [-0.4, -0.2) is 78.8 Å². The third kappa shape index (κ3) is 5.00. The molecule has 8 heteroatoms. The number of carbonyl (C=O) groups excluding carboxylic acids is 2. The van der Waals surface area contributed by atoms with Gasteiger partial charge in [-0.3, -0.25) is 14.5 Å². The zero-order chi connectivity index (χ0) is 19.4. The zero-order valence-corrected chi connectivity index (χ0v) is 15.1.